The molecule has 0 spiro atoms. The van der Waals surface area contributed by atoms with Crippen molar-refractivity contribution >= 4 is 16.7 Å². The summed E-state index contributed by atoms with van der Waals surface area (Å²) in [5, 5.41) is 1.40. The van der Waals surface area contributed by atoms with Crippen LogP contribution in [-0.4, -0.2) is 28.8 Å². The highest BCUT2D eigenvalue weighted by Gasteiger charge is 2.45. The summed E-state index contributed by atoms with van der Waals surface area (Å²) < 4.78 is 0. The highest BCUT2D eigenvalue weighted by atomic mass is 16.1. The molecule has 2 aliphatic heterocycles. The number of benzene rings is 1. The Kier molecular flexibility index (Phi) is 2.96. The molecule has 4 atom stereocenters. The molecular formula is C20H24N2O. The molecule has 3 heterocycles. The van der Waals surface area contributed by atoms with Gasteiger partial charge in [0, 0.05) is 42.0 Å². The first-order valence-corrected chi connectivity index (χ1v) is 9.08. The third kappa shape index (κ3) is 1.96. The number of carbonyl (C=O) groups excluding carboxylic acids is 1. The van der Waals surface area contributed by atoms with Crippen molar-refractivity contribution in [3.63, 3.8) is 0 Å². The van der Waals surface area contributed by atoms with Crippen LogP contribution in [0, 0.1) is 17.8 Å². The number of Topliss-reactive ketones (excluding diaryl/α,β-unsaturated/α-hetero) is 1. The van der Waals surface area contributed by atoms with E-state index in [2.05, 4.69) is 41.1 Å². The Labute approximate surface area is 137 Å². The van der Waals surface area contributed by atoms with E-state index in [-0.39, 0.29) is 5.92 Å². The van der Waals surface area contributed by atoms with Gasteiger partial charge >= 0.3 is 0 Å². The molecule has 1 saturated carbocycles. The molecule has 1 aromatic heterocycles. The molecule has 3 aliphatic rings. The molecule has 0 unspecified atom stereocenters. The Morgan fingerprint density at radius 3 is 3.00 bits per heavy atom. The van der Waals surface area contributed by atoms with Crippen LogP contribution >= 0.6 is 0 Å². The van der Waals surface area contributed by atoms with Crippen molar-refractivity contribution in [2.75, 3.05) is 13.1 Å². The zero-order valence-electron chi connectivity index (χ0n) is 13.7. The fourth-order valence-corrected chi connectivity index (χ4v) is 5.45. The number of nitrogens with zero attached hydrogens (tertiary/aromatic N) is 1. The first-order valence-electron chi connectivity index (χ1n) is 9.08. The molecule has 1 aliphatic carbocycles. The highest BCUT2D eigenvalue weighted by molar-refractivity contribution is 5.85. The van der Waals surface area contributed by atoms with Gasteiger partial charge in [0.05, 0.1) is 6.04 Å². The van der Waals surface area contributed by atoms with Crippen LogP contribution < -0.4 is 0 Å². The van der Waals surface area contributed by atoms with Crippen molar-refractivity contribution < 1.29 is 4.79 Å². The summed E-state index contributed by atoms with van der Waals surface area (Å²) in [6.45, 7) is 4.52. The maximum absolute atomic E-state index is 12.2. The van der Waals surface area contributed by atoms with Gasteiger partial charge in [0.25, 0.3) is 0 Å². The number of carbonyl (C=O) groups is 1. The molecule has 2 aromatic rings. The number of para-hydroxylation sites is 1. The molecule has 120 valence electrons. The molecule has 3 nitrogen and oxygen atoms in total. The van der Waals surface area contributed by atoms with E-state index in [9.17, 15) is 4.79 Å². The summed E-state index contributed by atoms with van der Waals surface area (Å²) in [6, 6.07) is 9.18. The number of H-pyrrole nitrogens is 1. The van der Waals surface area contributed by atoms with Crippen molar-refractivity contribution in [3.8, 4) is 0 Å². The van der Waals surface area contributed by atoms with Crippen molar-refractivity contribution in [2.45, 2.75) is 38.6 Å². The minimum Gasteiger partial charge on any atom is -0.357 e. The summed E-state index contributed by atoms with van der Waals surface area (Å²) >= 11 is 0. The summed E-state index contributed by atoms with van der Waals surface area (Å²) in [5.74, 6) is 2.05. The number of hydrogen-bond donors (Lipinski definition) is 1. The number of nitrogens with one attached hydrogen (secondary N) is 1. The second-order valence-corrected chi connectivity index (χ2v) is 7.78. The summed E-state index contributed by atoms with van der Waals surface area (Å²) in [4.78, 5) is 18.6. The minimum atomic E-state index is 0.255. The molecule has 1 aromatic carbocycles. The van der Waals surface area contributed by atoms with Crippen molar-refractivity contribution in [3.05, 3.63) is 35.5 Å². The van der Waals surface area contributed by atoms with Gasteiger partial charge in [0.1, 0.15) is 5.78 Å². The van der Waals surface area contributed by atoms with E-state index in [1.807, 2.05) is 0 Å². The zero-order valence-corrected chi connectivity index (χ0v) is 13.7. The van der Waals surface area contributed by atoms with E-state index in [0.717, 1.165) is 31.6 Å². The molecule has 23 heavy (non-hydrogen) atoms. The van der Waals surface area contributed by atoms with Crippen LogP contribution in [0.25, 0.3) is 10.9 Å². The Balaban J connectivity index is 1.55. The van der Waals surface area contributed by atoms with Crippen molar-refractivity contribution in [2.24, 2.45) is 17.8 Å². The average Bonchev–Trinajstić information content (AvgIpc) is 2.96. The second-order valence-electron chi connectivity index (χ2n) is 7.78. The van der Waals surface area contributed by atoms with Crippen LogP contribution in [0.1, 0.15) is 43.5 Å². The largest absolute Gasteiger partial charge is 0.357 e. The Hall–Kier alpha value is -1.61. The van der Waals surface area contributed by atoms with Gasteiger partial charge in [0.15, 0.2) is 0 Å². The quantitative estimate of drug-likeness (QED) is 0.805. The zero-order chi connectivity index (χ0) is 15.6. The third-order valence-corrected chi connectivity index (χ3v) is 6.75. The van der Waals surface area contributed by atoms with Crippen LogP contribution in [0.4, 0.5) is 0 Å². The SMILES string of the molecule is C[C@@H]1C(=O)CC[C@@H]2CN3CCc4c([nH]c5ccccc45)[C@@H]3C[C@H]21. The van der Waals surface area contributed by atoms with Crippen LogP contribution in [0.3, 0.4) is 0 Å². The molecule has 1 saturated heterocycles. The fraction of sp³-hybridized carbons (Fsp3) is 0.550. The first kappa shape index (κ1) is 13.8. The van der Waals surface area contributed by atoms with E-state index < -0.39 is 0 Å². The number of rotatable bonds is 0. The van der Waals surface area contributed by atoms with Gasteiger partial charge in [-0.2, -0.15) is 0 Å². The van der Waals surface area contributed by atoms with Crippen LogP contribution in [0.2, 0.25) is 0 Å². The lowest BCUT2D eigenvalue weighted by atomic mass is 9.66. The van der Waals surface area contributed by atoms with Gasteiger partial charge in [-0.3, -0.25) is 9.69 Å². The van der Waals surface area contributed by atoms with Crippen molar-refractivity contribution in [1.82, 2.24) is 9.88 Å². The number of piperidine rings is 1. The molecular weight excluding hydrogens is 284 g/mol. The summed E-state index contributed by atoms with van der Waals surface area (Å²) in [7, 11) is 0. The molecule has 1 N–H and O–H groups in total. The Morgan fingerprint density at radius 1 is 1.22 bits per heavy atom. The monoisotopic (exact) mass is 308 g/mol. The average molecular weight is 308 g/mol. The van der Waals surface area contributed by atoms with Crippen molar-refractivity contribution in [1.29, 1.82) is 0 Å². The van der Waals surface area contributed by atoms with Crippen LogP contribution in [0.15, 0.2) is 24.3 Å². The highest BCUT2D eigenvalue weighted by Crippen LogP contribution is 2.47. The van der Waals surface area contributed by atoms with E-state index in [4.69, 9.17) is 0 Å². The third-order valence-electron chi connectivity index (χ3n) is 6.75. The van der Waals surface area contributed by atoms with Crippen LogP contribution in [-0.2, 0) is 11.2 Å². The number of fused-ring (bicyclic) bond motifs is 6. The van der Waals surface area contributed by atoms with Gasteiger partial charge in [-0.15, -0.1) is 0 Å². The lowest BCUT2D eigenvalue weighted by molar-refractivity contribution is -0.130. The molecule has 2 fully saturated rings. The minimum absolute atomic E-state index is 0.255. The Bertz CT molecular complexity index is 777. The fourth-order valence-electron chi connectivity index (χ4n) is 5.45. The molecule has 0 radical (unpaired) electrons. The molecule has 5 rings (SSSR count). The first-order chi connectivity index (χ1) is 11.2. The summed E-state index contributed by atoms with van der Waals surface area (Å²) in [6.07, 6.45) is 4.22. The van der Waals surface area contributed by atoms with E-state index >= 15 is 0 Å². The summed E-state index contributed by atoms with van der Waals surface area (Å²) in [5.41, 5.74) is 4.23. The lowest BCUT2D eigenvalue weighted by Gasteiger charge is -2.49. The van der Waals surface area contributed by atoms with Gasteiger partial charge in [-0.25, -0.2) is 0 Å². The maximum atomic E-state index is 12.2. The van der Waals surface area contributed by atoms with Gasteiger partial charge < -0.3 is 4.98 Å². The topological polar surface area (TPSA) is 36.1 Å². The standard InChI is InChI=1S/C20H24N2O/c1-12-16-10-18-20-15(14-4-2-3-5-17(14)21-20)8-9-22(18)11-13(16)6-7-19(12)23/h2-5,12-13,16,18,21H,6-11H2,1H3/t12-,13+,16-,18-/m0/s1. The smallest absolute Gasteiger partial charge is 0.136 e. The number of aromatic amines is 1. The maximum Gasteiger partial charge on any atom is 0.136 e. The van der Waals surface area contributed by atoms with Gasteiger partial charge in [0.2, 0.25) is 0 Å². The second kappa shape index (κ2) is 4.94. The van der Waals surface area contributed by atoms with Crippen LogP contribution in [0.5, 0.6) is 0 Å². The molecule has 0 bridgehead atoms. The van der Waals surface area contributed by atoms with E-state index in [0.29, 0.717) is 17.7 Å². The predicted octanol–water partition coefficient (Wildman–Crippen LogP) is 3.70. The van der Waals surface area contributed by atoms with Gasteiger partial charge in [-0.1, -0.05) is 25.1 Å². The number of ketones is 1. The number of hydrogen-bond acceptors (Lipinski definition) is 2. The molecule has 3 heteroatoms. The van der Waals surface area contributed by atoms with E-state index in [1.54, 1.807) is 0 Å². The molecule has 0 amide bonds. The number of aromatic nitrogens is 1. The van der Waals surface area contributed by atoms with Gasteiger partial charge in [-0.05, 0) is 42.7 Å². The Morgan fingerprint density at radius 2 is 2.09 bits per heavy atom. The van der Waals surface area contributed by atoms with E-state index in [1.165, 1.54) is 35.2 Å². The lowest BCUT2D eigenvalue weighted by Crippen LogP contribution is -2.50. The predicted molar refractivity (Wildman–Crippen MR) is 91.3 cm³/mol. The normalized spacial score (nSPS) is 34.0.